The van der Waals surface area contributed by atoms with E-state index in [1.807, 2.05) is 13.2 Å². The topological polar surface area (TPSA) is 38.1 Å². The van der Waals surface area contributed by atoms with Gasteiger partial charge in [-0.15, -0.1) is 0 Å². The van der Waals surface area contributed by atoms with E-state index in [2.05, 4.69) is 16.9 Å². The maximum absolute atomic E-state index is 12.6. The number of carbonyl (C=O) groups excluding carboxylic acids is 1. The fourth-order valence-corrected chi connectivity index (χ4v) is 3.86. The smallest absolute Gasteiger partial charge is 0.257 e. The van der Waals surface area contributed by atoms with Crippen molar-refractivity contribution < 1.29 is 4.79 Å². The van der Waals surface area contributed by atoms with Crippen LogP contribution in [0.1, 0.15) is 49.4 Å². The van der Waals surface area contributed by atoms with E-state index in [0.29, 0.717) is 12.0 Å². The number of aryl methyl sites for hydroxylation is 1. The predicted octanol–water partition coefficient (Wildman–Crippen LogP) is 2.46. The lowest BCUT2D eigenvalue weighted by atomic mass is 9.72. The van der Waals surface area contributed by atoms with Crippen LogP contribution in [-0.4, -0.2) is 33.2 Å². The molecule has 4 nitrogen and oxygen atoms in total. The molecule has 3 atom stereocenters. The molecular formula is C15H23N3O. The third-order valence-electron chi connectivity index (χ3n) is 4.95. The average molecular weight is 261 g/mol. The van der Waals surface area contributed by atoms with E-state index in [9.17, 15) is 4.79 Å². The molecule has 2 heterocycles. The Morgan fingerprint density at radius 3 is 2.84 bits per heavy atom. The number of hydrogen-bond acceptors (Lipinski definition) is 2. The number of rotatable bonds is 1. The molecule has 1 aromatic heterocycles. The Labute approximate surface area is 114 Å². The normalized spacial score (nSPS) is 31.1. The van der Waals surface area contributed by atoms with Crippen LogP contribution < -0.4 is 0 Å². The highest BCUT2D eigenvalue weighted by molar-refractivity contribution is 5.94. The van der Waals surface area contributed by atoms with E-state index in [1.54, 1.807) is 10.9 Å². The second-order valence-corrected chi connectivity index (χ2v) is 6.18. The van der Waals surface area contributed by atoms with E-state index in [0.717, 1.165) is 24.4 Å². The van der Waals surface area contributed by atoms with Gasteiger partial charge in [-0.3, -0.25) is 9.48 Å². The van der Waals surface area contributed by atoms with Gasteiger partial charge in [-0.25, -0.2) is 0 Å². The van der Waals surface area contributed by atoms with Gasteiger partial charge in [0.1, 0.15) is 0 Å². The minimum absolute atomic E-state index is 0.178. The van der Waals surface area contributed by atoms with Crippen molar-refractivity contribution in [1.82, 2.24) is 14.7 Å². The van der Waals surface area contributed by atoms with Crippen molar-refractivity contribution in [1.29, 1.82) is 0 Å². The van der Waals surface area contributed by atoms with Crippen LogP contribution in [0.25, 0.3) is 0 Å². The lowest BCUT2D eigenvalue weighted by molar-refractivity contribution is 0.0217. The molecular weight excluding hydrogens is 238 g/mol. The number of aromatic nitrogens is 2. The minimum Gasteiger partial charge on any atom is -0.335 e. The van der Waals surface area contributed by atoms with Crippen LogP contribution in [0.2, 0.25) is 0 Å². The lowest BCUT2D eigenvalue weighted by Gasteiger charge is -2.47. The molecule has 4 heteroatoms. The van der Waals surface area contributed by atoms with E-state index in [1.165, 1.54) is 25.7 Å². The Morgan fingerprint density at radius 1 is 1.32 bits per heavy atom. The molecule has 0 bridgehead atoms. The number of likely N-dealkylation sites (tertiary alicyclic amines) is 1. The van der Waals surface area contributed by atoms with Crippen LogP contribution in [0.15, 0.2) is 12.4 Å². The van der Waals surface area contributed by atoms with E-state index < -0.39 is 0 Å². The molecule has 104 valence electrons. The summed E-state index contributed by atoms with van der Waals surface area (Å²) in [5.41, 5.74) is 0.737. The third-order valence-corrected chi connectivity index (χ3v) is 4.95. The lowest BCUT2D eigenvalue weighted by Crippen LogP contribution is -2.52. The first-order valence-electron chi connectivity index (χ1n) is 7.46. The van der Waals surface area contributed by atoms with Gasteiger partial charge in [-0.05, 0) is 31.1 Å². The molecule has 0 aromatic carbocycles. The third kappa shape index (κ3) is 2.28. The first kappa shape index (κ1) is 12.7. The Morgan fingerprint density at radius 2 is 2.11 bits per heavy atom. The highest BCUT2D eigenvalue weighted by atomic mass is 16.2. The zero-order valence-electron chi connectivity index (χ0n) is 11.9. The molecule has 2 fully saturated rings. The van der Waals surface area contributed by atoms with Gasteiger partial charge in [-0.2, -0.15) is 5.10 Å². The molecule has 1 saturated heterocycles. The molecule has 1 aromatic rings. The summed E-state index contributed by atoms with van der Waals surface area (Å²) in [5, 5.41) is 4.12. The molecule has 0 spiro atoms. The molecule has 1 amide bonds. The van der Waals surface area contributed by atoms with Gasteiger partial charge in [0.2, 0.25) is 0 Å². The second-order valence-electron chi connectivity index (χ2n) is 6.18. The minimum atomic E-state index is 0.178. The maximum atomic E-state index is 12.6. The van der Waals surface area contributed by atoms with Crippen LogP contribution in [-0.2, 0) is 7.05 Å². The molecule has 0 unspecified atom stereocenters. The zero-order valence-corrected chi connectivity index (χ0v) is 11.9. The standard InChI is InChI=1S/C15H23N3O/c1-11-7-8-18(14-6-4-3-5-13(11)14)15(19)12-9-16-17(2)10-12/h9-11,13-14H,3-8H2,1-2H3/t11-,13+,14+/m1/s1. The quantitative estimate of drug-likeness (QED) is 0.779. The van der Waals surface area contributed by atoms with Gasteiger partial charge in [-0.1, -0.05) is 19.8 Å². The van der Waals surface area contributed by atoms with Crippen molar-refractivity contribution in [2.24, 2.45) is 18.9 Å². The van der Waals surface area contributed by atoms with E-state index in [-0.39, 0.29) is 5.91 Å². The largest absolute Gasteiger partial charge is 0.335 e. The predicted molar refractivity (Wildman–Crippen MR) is 73.8 cm³/mol. The van der Waals surface area contributed by atoms with Crippen molar-refractivity contribution in [2.45, 2.75) is 45.1 Å². The van der Waals surface area contributed by atoms with Gasteiger partial charge in [0.25, 0.3) is 5.91 Å². The Hall–Kier alpha value is -1.32. The summed E-state index contributed by atoms with van der Waals surface area (Å²) < 4.78 is 1.71. The van der Waals surface area contributed by atoms with Gasteiger partial charge in [0, 0.05) is 25.8 Å². The first-order valence-corrected chi connectivity index (χ1v) is 7.46. The van der Waals surface area contributed by atoms with E-state index >= 15 is 0 Å². The van der Waals surface area contributed by atoms with Crippen LogP contribution in [0.4, 0.5) is 0 Å². The number of amides is 1. The van der Waals surface area contributed by atoms with Crippen molar-refractivity contribution in [3.63, 3.8) is 0 Å². The van der Waals surface area contributed by atoms with Crippen molar-refractivity contribution in [3.8, 4) is 0 Å². The summed E-state index contributed by atoms with van der Waals surface area (Å²) in [6, 6.07) is 0.463. The van der Waals surface area contributed by atoms with Crippen molar-refractivity contribution in [2.75, 3.05) is 6.54 Å². The van der Waals surface area contributed by atoms with Crippen LogP contribution in [0.5, 0.6) is 0 Å². The van der Waals surface area contributed by atoms with Crippen molar-refractivity contribution in [3.05, 3.63) is 18.0 Å². The summed E-state index contributed by atoms with van der Waals surface area (Å²) in [6.07, 6.45) is 9.75. The van der Waals surface area contributed by atoms with Gasteiger partial charge >= 0.3 is 0 Å². The summed E-state index contributed by atoms with van der Waals surface area (Å²) in [7, 11) is 1.86. The molecule has 1 saturated carbocycles. The highest BCUT2D eigenvalue weighted by Crippen LogP contribution is 2.39. The Bertz CT molecular complexity index is 468. The highest BCUT2D eigenvalue weighted by Gasteiger charge is 2.39. The number of fused-ring (bicyclic) bond motifs is 1. The Balaban J connectivity index is 1.81. The van der Waals surface area contributed by atoms with Crippen LogP contribution in [0, 0.1) is 11.8 Å². The van der Waals surface area contributed by atoms with Gasteiger partial charge < -0.3 is 4.90 Å². The van der Waals surface area contributed by atoms with E-state index in [4.69, 9.17) is 0 Å². The fraction of sp³-hybridized carbons (Fsp3) is 0.733. The van der Waals surface area contributed by atoms with Crippen LogP contribution >= 0.6 is 0 Å². The zero-order chi connectivity index (χ0) is 13.4. The molecule has 1 aliphatic carbocycles. The first-order chi connectivity index (χ1) is 9.16. The summed E-state index contributed by atoms with van der Waals surface area (Å²) >= 11 is 0. The SMILES string of the molecule is C[C@@H]1CCN(C(=O)c2cnn(C)c2)[C@H]2CCCC[C@@H]12. The monoisotopic (exact) mass is 261 g/mol. The summed E-state index contributed by atoms with van der Waals surface area (Å²) in [5.74, 6) is 1.66. The van der Waals surface area contributed by atoms with Gasteiger partial charge in [0.15, 0.2) is 0 Å². The average Bonchev–Trinajstić information content (AvgIpc) is 2.86. The summed E-state index contributed by atoms with van der Waals surface area (Å²) in [4.78, 5) is 14.8. The molecule has 3 rings (SSSR count). The number of nitrogens with zero attached hydrogens (tertiary/aromatic N) is 3. The Kier molecular flexibility index (Phi) is 3.33. The van der Waals surface area contributed by atoms with Crippen LogP contribution in [0.3, 0.4) is 0 Å². The maximum Gasteiger partial charge on any atom is 0.257 e. The number of hydrogen-bond donors (Lipinski definition) is 0. The molecule has 2 aliphatic rings. The second kappa shape index (κ2) is 4.99. The summed E-state index contributed by atoms with van der Waals surface area (Å²) in [6.45, 7) is 3.27. The number of carbonyl (C=O) groups is 1. The van der Waals surface area contributed by atoms with Crippen molar-refractivity contribution >= 4 is 5.91 Å². The molecule has 19 heavy (non-hydrogen) atoms. The fourth-order valence-electron chi connectivity index (χ4n) is 3.86. The molecule has 0 N–H and O–H groups in total. The molecule has 0 radical (unpaired) electrons. The number of piperidine rings is 1. The van der Waals surface area contributed by atoms with Gasteiger partial charge in [0.05, 0.1) is 11.8 Å². The molecule has 1 aliphatic heterocycles.